The number of nitrogens with zero attached hydrogens (tertiary/aromatic N) is 5. The number of aromatic nitrogens is 4. The summed E-state index contributed by atoms with van der Waals surface area (Å²) in [5.74, 6) is -1.37. The monoisotopic (exact) mass is 615 g/mol. The first-order valence-electron chi connectivity index (χ1n) is 14.1. The molecule has 2 atom stereocenters. The third-order valence-electron chi connectivity index (χ3n) is 7.63. The lowest BCUT2D eigenvalue weighted by molar-refractivity contribution is -0.140. The number of rotatable bonds is 7. The fourth-order valence-electron chi connectivity index (χ4n) is 5.44. The van der Waals surface area contributed by atoms with E-state index < -0.39 is 41.6 Å². The largest absolute Gasteiger partial charge is 0.479 e. The number of carbonyl (C=O) groups is 2. The molecule has 13 heteroatoms. The number of aryl methyl sites for hydroxylation is 1. The predicted octanol–water partition coefficient (Wildman–Crippen LogP) is 6.20. The van der Waals surface area contributed by atoms with Crippen LogP contribution in [0.5, 0.6) is 0 Å². The lowest BCUT2D eigenvalue weighted by Crippen LogP contribution is -2.35. The van der Waals surface area contributed by atoms with E-state index in [0.29, 0.717) is 35.3 Å². The van der Waals surface area contributed by atoms with Crippen LogP contribution in [0.4, 0.5) is 22.4 Å². The Labute approximate surface area is 251 Å². The third-order valence-corrected chi connectivity index (χ3v) is 7.63. The van der Waals surface area contributed by atoms with Crippen LogP contribution in [0.1, 0.15) is 54.9 Å². The van der Waals surface area contributed by atoms with E-state index in [1.165, 1.54) is 15.8 Å². The number of imidazole rings is 1. The van der Waals surface area contributed by atoms with Gasteiger partial charge < -0.3 is 19.3 Å². The molecule has 2 unspecified atom stereocenters. The summed E-state index contributed by atoms with van der Waals surface area (Å²) in [6.07, 6.45) is -3.52. The minimum atomic E-state index is -4.75. The first-order chi connectivity index (χ1) is 20.5. The van der Waals surface area contributed by atoms with Gasteiger partial charge in [0.1, 0.15) is 11.8 Å². The first-order valence-corrected chi connectivity index (χ1v) is 14.1. The Morgan fingerprint density at radius 1 is 1.18 bits per heavy atom. The molecule has 44 heavy (non-hydrogen) atoms. The summed E-state index contributed by atoms with van der Waals surface area (Å²) < 4.78 is 65.0. The Bertz CT molecular complexity index is 1720. The van der Waals surface area contributed by atoms with Crippen molar-refractivity contribution in [2.24, 2.45) is 0 Å². The van der Waals surface area contributed by atoms with E-state index >= 15 is 0 Å². The number of likely N-dealkylation sites (N-methyl/N-ethyl adjacent to an activating group) is 1. The molecule has 1 N–H and O–H groups in total. The van der Waals surface area contributed by atoms with Crippen LogP contribution in [0.3, 0.4) is 0 Å². The van der Waals surface area contributed by atoms with Crippen LogP contribution >= 0.6 is 0 Å². The van der Waals surface area contributed by atoms with Crippen LogP contribution in [0.2, 0.25) is 0 Å². The molecule has 0 spiro atoms. The van der Waals surface area contributed by atoms with Gasteiger partial charge in [0.05, 0.1) is 29.6 Å². The molecule has 1 aliphatic heterocycles. The first kappa shape index (κ1) is 31.0. The number of carboxylic acid groups (broad SMARTS) is 1. The molecule has 1 amide bonds. The maximum absolute atomic E-state index is 14.4. The second-order valence-electron chi connectivity index (χ2n) is 12.1. The Hall–Kier alpha value is -4.42. The van der Waals surface area contributed by atoms with E-state index in [0.717, 1.165) is 22.5 Å². The van der Waals surface area contributed by atoms with E-state index in [1.807, 2.05) is 0 Å². The highest BCUT2D eigenvalue weighted by Crippen LogP contribution is 2.41. The molecule has 0 bridgehead atoms. The van der Waals surface area contributed by atoms with Gasteiger partial charge in [-0.15, -0.1) is 0 Å². The quantitative estimate of drug-likeness (QED) is 0.248. The molecule has 2 aromatic carbocycles. The molecule has 234 valence electrons. The zero-order chi connectivity index (χ0) is 32.1. The molecule has 0 fully saturated rings. The summed E-state index contributed by atoms with van der Waals surface area (Å²) in [5.41, 5.74) is 0.980. The van der Waals surface area contributed by atoms with Crippen molar-refractivity contribution < 1.29 is 37.0 Å². The molecular weight excluding hydrogens is 582 g/mol. The average molecular weight is 616 g/mol. The summed E-state index contributed by atoms with van der Waals surface area (Å²) in [6, 6.07) is 6.49. The van der Waals surface area contributed by atoms with E-state index in [4.69, 9.17) is 4.74 Å². The highest BCUT2D eigenvalue weighted by molar-refractivity contribution is 5.92. The van der Waals surface area contributed by atoms with Crippen molar-refractivity contribution in [2.75, 3.05) is 13.6 Å². The zero-order valence-electron chi connectivity index (χ0n) is 24.9. The van der Waals surface area contributed by atoms with E-state index in [-0.39, 0.29) is 29.6 Å². The molecule has 3 heterocycles. The number of hydrogen-bond donors (Lipinski definition) is 1. The van der Waals surface area contributed by atoms with Crippen LogP contribution < -0.4 is 0 Å². The predicted molar refractivity (Wildman–Crippen MR) is 154 cm³/mol. The average Bonchev–Trinajstić information content (AvgIpc) is 3.61. The van der Waals surface area contributed by atoms with Crippen molar-refractivity contribution in [3.63, 3.8) is 0 Å². The lowest BCUT2D eigenvalue weighted by atomic mass is 9.94. The molecule has 1 aliphatic rings. The van der Waals surface area contributed by atoms with Crippen molar-refractivity contribution >= 4 is 23.0 Å². The van der Waals surface area contributed by atoms with Gasteiger partial charge in [0.25, 0.3) is 0 Å². The number of ether oxygens (including phenoxy) is 1. The Morgan fingerprint density at radius 3 is 2.48 bits per heavy atom. The molecule has 0 radical (unpaired) electrons. The molecular formula is C31H33F4N5O4. The topological polar surface area (TPSA) is 102 Å². The van der Waals surface area contributed by atoms with Crippen LogP contribution in [0.15, 0.2) is 42.9 Å². The van der Waals surface area contributed by atoms with E-state index in [2.05, 4.69) is 10.1 Å². The highest BCUT2D eigenvalue weighted by Gasteiger charge is 2.37. The van der Waals surface area contributed by atoms with Crippen molar-refractivity contribution in [1.29, 1.82) is 0 Å². The Morgan fingerprint density at radius 2 is 1.86 bits per heavy atom. The smallest absolute Gasteiger partial charge is 0.417 e. The minimum Gasteiger partial charge on any atom is -0.479 e. The lowest BCUT2D eigenvalue weighted by Gasteiger charge is -2.24. The van der Waals surface area contributed by atoms with Gasteiger partial charge >= 0.3 is 18.2 Å². The molecule has 2 aromatic heterocycles. The number of alkyl halides is 4. The minimum absolute atomic E-state index is 0.00311. The summed E-state index contributed by atoms with van der Waals surface area (Å²) in [7, 11) is 1.63. The Balaban J connectivity index is 1.48. The van der Waals surface area contributed by atoms with Gasteiger partial charge in [0.15, 0.2) is 6.04 Å². The molecule has 5 rings (SSSR count). The summed E-state index contributed by atoms with van der Waals surface area (Å²) in [6.45, 7) is 7.40. The van der Waals surface area contributed by atoms with Crippen molar-refractivity contribution in [1.82, 2.24) is 24.2 Å². The molecule has 9 nitrogen and oxygen atoms in total. The summed E-state index contributed by atoms with van der Waals surface area (Å²) >= 11 is 0. The van der Waals surface area contributed by atoms with Crippen LogP contribution in [-0.2, 0) is 35.1 Å². The fourth-order valence-corrected chi connectivity index (χ4v) is 5.44. The maximum atomic E-state index is 14.4. The van der Waals surface area contributed by atoms with Gasteiger partial charge in [0, 0.05) is 37.3 Å². The van der Waals surface area contributed by atoms with Gasteiger partial charge in [-0.2, -0.15) is 18.3 Å². The van der Waals surface area contributed by atoms with Crippen LogP contribution in [0, 0.1) is 6.92 Å². The van der Waals surface area contributed by atoms with Crippen molar-refractivity contribution in [3.05, 3.63) is 70.9 Å². The third kappa shape index (κ3) is 6.13. The number of halogens is 4. The van der Waals surface area contributed by atoms with Crippen molar-refractivity contribution in [3.8, 4) is 11.1 Å². The normalized spacial score (nSPS) is 15.8. The number of hydrogen-bond acceptors (Lipinski definition) is 5. The second kappa shape index (κ2) is 11.3. The number of amides is 1. The standard InChI is InChI=1S/C31H33F4N5O4/c1-17-21(19-8-6-18(7-9-19)10-11-38(5)29(43)44-30(2,3)4)13-23(31(33,34)35)22-15-40(37-25(17)22)27(28(41)42)26-24-12-20(32)14-39(24)16-36-26/h6-9,13,15-16,20,27H,10-12,14H2,1-5H3,(H,41,42). The summed E-state index contributed by atoms with van der Waals surface area (Å²) in [5, 5.41) is 14.2. The second-order valence-corrected chi connectivity index (χ2v) is 12.1. The van der Waals surface area contributed by atoms with Gasteiger partial charge in [-0.25, -0.2) is 19.0 Å². The Kier molecular flexibility index (Phi) is 7.93. The maximum Gasteiger partial charge on any atom is 0.417 e. The van der Waals surface area contributed by atoms with Crippen molar-refractivity contribution in [2.45, 2.75) is 71.1 Å². The molecule has 0 saturated heterocycles. The number of fused-ring (bicyclic) bond motifs is 2. The zero-order valence-corrected chi connectivity index (χ0v) is 24.9. The van der Waals surface area contributed by atoms with Gasteiger partial charge in [-0.05, 0) is 62.4 Å². The molecule has 4 aromatic rings. The fraction of sp³-hybridized carbons (Fsp3) is 0.419. The SMILES string of the molecule is Cc1c(-c2ccc(CCN(C)C(=O)OC(C)(C)C)cc2)cc(C(F)(F)F)c2cn(C(C(=O)O)c3ncn4c3CC(F)C4)nc12. The summed E-state index contributed by atoms with van der Waals surface area (Å²) in [4.78, 5) is 30.2. The number of carboxylic acids is 1. The number of aliphatic carboxylic acids is 1. The number of carbonyl (C=O) groups excluding carboxylic acids is 1. The molecule has 0 aliphatic carbocycles. The van der Waals surface area contributed by atoms with Gasteiger partial charge in [0.2, 0.25) is 0 Å². The van der Waals surface area contributed by atoms with E-state index in [1.54, 1.807) is 59.0 Å². The van der Waals surface area contributed by atoms with Gasteiger partial charge in [-0.1, -0.05) is 24.3 Å². The number of benzene rings is 2. The van der Waals surface area contributed by atoms with E-state index in [9.17, 15) is 32.3 Å². The van der Waals surface area contributed by atoms with Crippen LogP contribution in [0.25, 0.3) is 22.0 Å². The highest BCUT2D eigenvalue weighted by atomic mass is 19.4. The van der Waals surface area contributed by atoms with Crippen LogP contribution in [-0.4, -0.2) is 66.8 Å². The van der Waals surface area contributed by atoms with Gasteiger partial charge in [-0.3, -0.25) is 4.68 Å². The molecule has 0 saturated carbocycles.